The van der Waals surface area contributed by atoms with Crippen molar-refractivity contribution in [2.75, 3.05) is 25.2 Å². The lowest BCUT2D eigenvalue weighted by Crippen LogP contribution is -2.71. The molecule has 1 aromatic heterocycles. The molecule has 6 fully saturated rings. The van der Waals surface area contributed by atoms with Crippen molar-refractivity contribution in [3.05, 3.63) is 78.0 Å². The summed E-state index contributed by atoms with van der Waals surface area (Å²) >= 11 is 0. The zero-order valence-corrected chi connectivity index (χ0v) is 25.2. The molecule has 3 aromatic rings. The van der Waals surface area contributed by atoms with Gasteiger partial charge in [0.2, 0.25) is 11.8 Å². The highest BCUT2D eigenvalue weighted by atomic mass is 19.1. The number of aromatic nitrogens is 1. The van der Waals surface area contributed by atoms with Gasteiger partial charge in [-0.1, -0.05) is 36.4 Å². The van der Waals surface area contributed by atoms with E-state index in [-0.39, 0.29) is 16.9 Å². The highest BCUT2D eigenvalue weighted by Crippen LogP contribution is 2.70. The number of pyridine rings is 1. The van der Waals surface area contributed by atoms with Crippen LogP contribution < -0.4 is 9.64 Å². The van der Waals surface area contributed by atoms with Crippen molar-refractivity contribution in [1.82, 2.24) is 4.98 Å². The third-order valence-electron chi connectivity index (χ3n) is 10.8. The number of hydrogen-bond acceptors (Lipinski definition) is 5. The van der Waals surface area contributed by atoms with Gasteiger partial charge in [-0.2, -0.15) is 5.26 Å². The van der Waals surface area contributed by atoms with Crippen molar-refractivity contribution in [3.8, 4) is 23.1 Å². The van der Waals surface area contributed by atoms with Gasteiger partial charge in [-0.15, -0.1) is 0 Å². The minimum Gasteiger partial charge on any atom is -0.481 e. The molecule has 4 aliphatic carbocycles. The quantitative estimate of drug-likeness (QED) is 0.281. The van der Waals surface area contributed by atoms with E-state index in [0.29, 0.717) is 38.3 Å². The predicted octanol–water partition coefficient (Wildman–Crippen LogP) is 7.27. The minimum atomic E-state index is -1.15. The van der Waals surface area contributed by atoms with Crippen LogP contribution in [-0.2, 0) is 20.5 Å². The molecule has 4 bridgehead atoms. The number of anilines is 1. The number of fused-ring (bicyclic) bond motifs is 3. The number of alkyl halides is 1. The molecule has 43 heavy (non-hydrogen) atoms. The van der Waals surface area contributed by atoms with Gasteiger partial charge in [-0.25, -0.2) is 9.37 Å². The Hall–Kier alpha value is -3.76. The maximum absolute atomic E-state index is 14.6. The Morgan fingerprint density at radius 1 is 1.05 bits per heavy atom. The van der Waals surface area contributed by atoms with E-state index in [4.69, 9.17) is 9.47 Å². The fourth-order valence-corrected chi connectivity index (χ4v) is 7.94. The van der Waals surface area contributed by atoms with E-state index in [0.717, 1.165) is 53.6 Å². The number of carbonyl (C=O) groups is 1. The molecule has 1 amide bonds. The Morgan fingerprint density at radius 3 is 2.35 bits per heavy atom. The average Bonchev–Trinajstić information content (AvgIpc) is 3.02. The van der Waals surface area contributed by atoms with E-state index < -0.39 is 16.5 Å². The summed E-state index contributed by atoms with van der Waals surface area (Å²) in [7, 11) is 1.60. The first-order valence-corrected chi connectivity index (χ1v) is 15.3. The average molecular weight is 580 g/mol. The summed E-state index contributed by atoms with van der Waals surface area (Å²) in [6.07, 6.45) is 6.38. The Bertz CT molecular complexity index is 1580. The molecular weight excluding hydrogens is 541 g/mol. The molecule has 0 radical (unpaired) electrons. The van der Waals surface area contributed by atoms with Gasteiger partial charge in [-0.3, -0.25) is 4.79 Å². The van der Waals surface area contributed by atoms with Gasteiger partial charge >= 0.3 is 0 Å². The summed E-state index contributed by atoms with van der Waals surface area (Å²) < 4.78 is 26.6. The number of nitriles is 1. The molecule has 0 atom stereocenters. The molecule has 0 unspecified atom stereocenters. The Kier molecular flexibility index (Phi) is 6.27. The zero-order chi connectivity index (χ0) is 30.1. The van der Waals surface area contributed by atoms with Crippen LogP contribution in [0, 0.1) is 22.2 Å². The zero-order valence-electron chi connectivity index (χ0n) is 25.2. The van der Waals surface area contributed by atoms with Gasteiger partial charge < -0.3 is 14.4 Å². The number of nitrogens with zero attached hydrogens (tertiary/aromatic N) is 3. The largest absolute Gasteiger partial charge is 0.481 e. The Morgan fingerprint density at radius 2 is 1.74 bits per heavy atom. The van der Waals surface area contributed by atoms with E-state index in [9.17, 15) is 14.4 Å². The van der Waals surface area contributed by atoms with E-state index in [1.165, 1.54) is 0 Å². The van der Waals surface area contributed by atoms with Gasteiger partial charge in [0.25, 0.3) is 0 Å². The van der Waals surface area contributed by atoms with Crippen LogP contribution in [-0.4, -0.2) is 36.8 Å². The number of benzene rings is 2. The topological polar surface area (TPSA) is 75.4 Å². The number of rotatable bonds is 8. The molecule has 2 aliphatic heterocycles. The molecule has 0 spiro atoms. The molecule has 7 heteroatoms. The third-order valence-corrected chi connectivity index (χ3v) is 10.8. The summed E-state index contributed by atoms with van der Waals surface area (Å²) in [6.45, 7) is 5.00. The lowest BCUT2D eigenvalue weighted by Gasteiger charge is -2.65. The molecule has 222 valence electrons. The fourth-order valence-electron chi connectivity index (χ4n) is 7.94. The molecule has 9 rings (SSSR count). The summed E-state index contributed by atoms with van der Waals surface area (Å²) in [4.78, 5) is 20.4. The van der Waals surface area contributed by atoms with E-state index in [1.807, 2.05) is 49.1 Å². The molecular formula is C36H38FN3O3. The number of amides is 1. The van der Waals surface area contributed by atoms with Gasteiger partial charge in [0.05, 0.1) is 36.2 Å². The lowest BCUT2D eigenvalue weighted by molar-refractivity contribution is -0.213. The molecule has 2 saturated heterocycles. The van der Waals surface area contributed by atoms with Crippen LogP contribution in [0.25, 0.3) is 11.1 Å². The molecule has 3 heterocycles. The third kappa shape index (κ3) is 4.53. The van der Waals surface area contributed by atoms with E-state index in [1.54, 1.807) is 13.3 Å². The van der Waals surface area contributed by atoms with Crippen molar-refractivity contribution in [2.45, 2.75) is 75.5 Å². The van der Waals surface area contributed by atoms with Crippen molar-refractivity contribution in [3.63, 3.8) is 0 Å². The van der Waals surface area contributed by atoms with Crippen LogP contribution in [0.2, 0.25) is 0 Å². The summed E-state index contributed by atoms with van der Waals surface area (Å²) in [5.41, 5.74) is 2.18. The highest BCUT2D eigenvalue weighted by molar-refractivity contribution is 6.00. The van der Waals surface area contributed by atoms with Gasteiger partial charge in [0.1, 0.15) is 5.67 Å². The van der Waals surface area contributed by atoms with E-state index >= 15 is 0 Å². The van der Waals surface area contributed by atoms with Crippen LogP contribution in [0.1, 0.15) is 69.9 Å². The van der Waals surface area contributed by atoms with Crippen LogP contribution in [0.3, 0.4) is 0 Å². The molecule has 6 aliphatic rings. The standard InChI is InChI=1S/C36H38FN3O3/c1-32(2,22-38)27-7-9-28(10-8-27)36-14-12-33(13-15-36,24-43-36)23-40(31(41)34-19-35(37,20-34)21-34)29-6-4-5-25(17-29)26-11-16-39-30(18-26)42-3/h4-11,16-18H,12-15,19-21,23-24H2,1-3H3. The number of hydrogen-bond donors (Lipinski definition) is 0. The lowest BCUT2D eigenvalue weighted by atomic mass is 9.41. The number of carbonyl (C=O) groups excluding carboxylic acids is 1. The maximum Gasteiger partial charge on any atom is 0.233 e. The SMILES string of the molecule is COc1cc(-c2cccc(N(CC34CCC(c5ccc(C(C)(C)C#N)cc5)(CC3)OC4)C(=O)C34CC(F)(C3)C4)c2)ccn1. The van der Waals surface area contributed by atoms with E-state index in [2.05, 4.69) is 41.4 Å². The molecule has 0 N–H and O–H groups in total. The number of methoxy groups -OCH3 is 1. The number of halogens is 1. The normalized spacial score (nSPS) is 30.5. The fraction of sp³-hybridized carbons (Fsp3) is 0.472. The Labute approximate surface area is 252 Å². The summed E-state index contributed by atoms with van der Waals surface area (Å²) in [5.74, 6) is 0.578. The van der Waals surface area contributed by atoms with Crippen LogP contribution in [0.5, 0.6) is 5.88 Å². The number of ether oxygens (including phenoxy) is 2. The van der Waals surface area contributed by atoms with Gasteiger partial charge in [0, 0.05) is 29.9 Å². The van der Waals surface area contributed by atoms with Crippen molar-refractivity contribution in [1.29, 1.82) is 5.26 Å². The first-order chi connectivity index (χ1) is 20.5. The smallest absolute Gasteiger partial charge is 0.233 e. The molecule has 4 saturated carbocycles. The first kappa shape index (κ1) is 28.0. The predicted molar refractivity (Wildman–Crippen MR) is 162 cm³/mol. The monoisotopic (exact) mass is 579 g/mol. The minimum absolute atomic E-state index is 0.0453. The van der Waals surface area contributed by atoms with Gasteiger partial charge in [0.15, 0.2) is 0 Å². The Balaban J connectivity index is 1.15. The second-order valence-corrected chi connectivity index (χ2v) is 14.1. The van der Waals surface area contributed by atoms with Crippen molar-refractivity contribution >= 4 is 11.6 Å². The second kappa shape index (κ2) is 9.62. The van der Waals surface area contributed by atoms with Crippen molar-refractivity contribution in [2.24, 2.45) is 10.8 Å². The first-order valence-electron chi connectivity index (χ1n) is 15.3. The molecule has 2 aromatic carbocycles. The summed E-state index contributed by atoms with van der Waals surface area (Å²) in [5, 5.41) is 9.54. The van der Waals surface area contributed by atoms with Gasteiger partial charge in [-0.05, 0) is 99.2 Å². The maximum atomic E-state index is 14.6. The van der Waals surface area contributed by atoms with Crippen LogP contribution in [0.4, 0.5) is 10.1 Å². The molecule has 6 nitrogen and oxygen atoms in total. The summed E-state index contributed by atoms with van der Waals surface area (Å²) in [6, 6.07) is 22.6. The van der Waals surface area contributed by atoms with Crippen LogP contribution >= 0.6 is 0 Å². The van der Waals surface area contributed by atoms with Crippen molar-refractivity contribution < 1.29 is 18.7 Å². The second-order valence-electron chi connectivity index (χ2n) is 14.1. The van der Waals surface area contributed by atoms with Crippen LogP contribution in [0.15, 0.2) is 66.9 Å². The highest BCUT2D eigenvalue weighted by Gasteiger charge is 2.73.